The fraction of sp³-hybridized carbons (Fsp3) is 0.0870. The van der Waals surface area contributed by atoms with Crippen LogP contribution < -0.4 is 10.4 Å². The summed E-state index contributed by atoms with van der Waals surface area (Å²) in [6.07, 6.45) is 0. The fourth-order valence-electron chi connectivity index (χ4n) is 3.18. The number of rotatable bonds is 4. The number of aryl methyl sites for hydroxylation is 1. The van der Waals surface area contributed by atoms with Crippen LogP contribution in [0.1, 0.15) is 11.1 Å². The zero-order valence-electron chi connectivity index (χ0n) is 14.8. The lowest BCUT2D eigenvalue weighted by Gasteiger charge is -2.14. The van der Waals surface area contributed by atoms with Gasteiger partial charge in [-0.2, -0.15) is 0 Å². The van der Waals surface area contributed by atoms with Crippen LogP contribution in [0.5, 0.6) is 11.5 Å². The van der Waals surface area contributed by atoms with Gasteiger partial charge in [0.15, 0.2) is 0 Å². The van der Waals surface area contributed by atoms with E-state index in [0.717, 1.165) is 22.8 Å². The highest BCUT2D eigenvalue weighted by atomic mass is 16.5. The van der Waals surface area contributed by atoms with Crippen molar-refractivity contribution >= 4 is 11.0 Å². The minimum Gasteiger partial charge on any atom is -0.507 e. The Hall–Kier alpha value is -3.53. The molecular formula is C23H18O4. The quantitative estimate of drug-likeness (QED) is 0.519. The average molecular weight is 358 g/mol. The lowest BCUT2D eigenvalue weighted by atomic mass is 10.0. The van der Waals surface area contributed by atoms with Crippen LogP contribution in [0, 0.1) is 6.92 Å². The van der Waals surface area contributed by atoms with Crippen molar-refractivity contribution in [3.63, 3.8) is 0 Å². The second-order valence-electron chi connectivity index (χ2n) is 6.33. The van der Waals surface area contributed by atoms with Gasteiger partial charge in [0, 0.05) is 5.56 Å². The molecule has 27 heavy (non-hydrogen) atoms. The third-order valence-electron chi connectivity index (χ3n) is 4.57. The molecule has 3 aromatic carbocycles. The van der Waals surface area contributed by atoms with E-state index in [0.29, 0.717) is 28.9 Å². The first-order chi connectivity index (χ1) is 13.1. The van der Waals surface area contributed by atoms with Crippen LogP contribution in [0.3, 0.4) is 0 Å². The van der Waals surface area contributed by atoms with E-state index >= 15 is 0 Å². The number of hydrogen-bond acceptors (Lipinski definition) is 4. The zero-order chi connectivity index (χ0) is 18.8. The van der Waals surface area contributed by atoms with Crippen LogP contribution in [0.15, 0.2) is 82.0 Å². The van der Waals surface area contributed by atoms with Gasteiger partial charge in [0.25, 0.3) is 0 Å². The van der Waals surface area contributed by atoms with E-state index in [2.05, 4.69) is 18.2 Å². The van der Waals surface area contributed by atoms with Crippen LogP contribution >= 0.6 is 0 Å². The Balaban J connectivity index is 1.67. The smallest absolute Gasteiger partial charge is 0.339 e. The standard InChI is InChI=1S/C23H18O4/c1-15-21(12-11-19-20(24)13-22(25)27-23(15)19)26-14-17-9-5-6-10-18(17)16-7-3-2-4-8-16/h2-13,24H,14H2,1H3. The molecule has 4 rings (SSSR count). The number of hydrogen-bond donors (Lipinski definition) is 1. The van der Waals surface area contributed by atoms with Crippen molar-refractivity contribution in [1.82, 2.24) is 0 Å². The van der Waals surface area contributed by atoms with E-state index in [1.807, 2.05) is 43.3 Å². The summed E-state index contributed by atoms with van der Waals surface area (Å²) in [6.45, 7) is 2.18. The molecule has 1 N–H and O–H groups in total. The summed E-state index contributed by atoms with van der Waals surface area (Å²) < 4.78 is 11.3. The van der Waals surface area contributed by atoms with E-state index in [-0.39, 0.29) is 5.75 Å². The lowest BCUT2D eigenvalue weighted by molar-refractivity contribution is 0.304. The maximum Gasteiger partial charge on any atom is 0.339 e. The van der Waals surface area contributed by atoms with Gasteiger partial charge in [0.1, 0.15) is 23.7 Å². The molecular weight excluding hydrogens is 340 g/mol. The van der Waals surface area contributed by atoms with Crippen LogP contribution in [0.2, 0.25) is 0 Å². The molecule has 0 unspecified atom stereocenters. The van der Waals surface area contributed by atoms with Gasteiger partial charge >= 0.3 is 5.63 Å². The monoisotopic (exact) mass is 358 g/mol. The maximum absolute atomic E-state index is 11.6. The van der Waals surface area contributed by atoms with E-state index in [1.54, 1.807) is 12.1 Å². The van der Waals surface area contributed by atoms with Crippen molar-refractivity contribution in [2.45, 2.75) is 13.5 Å². The normalized spacial score (nSPS) is 10.9. The van der Waals surface area contributed by atoms with Gasteiger partial charge in [-0.15, -0.1) is 0 Å². The first kappa shape index (κ1) is 16.9. The van der Waals surface area contributed by atoms with E-state index in [1.165, 1.54) is 0 Å². The molecule has 0 spiro atoms. The van der Waals surface area contributed by atoms with Gasteiger partial charge in [0.2, 0.25) is 0 Å². The molecule has 0 atom stereocenters. The molecule has 4 aromatic rings. The van der Waals surface area contributed by atoms with E-state index in [9.17, 15) is 9.90 Å². The van der Waals surface area contributed by atoms with Crippen molar-refractivity contribution < 1.29 is 14.3 Å². The van der Waals surface area contributed by atoms with Crippen molar-refractivity contribution in [2.24, 2.45) is 0 Å². The van der Waals surface area contributed by atoms with Crippen molar-refractivity contribution in [1.29, 1.82) is 0 Å². The van der Waals surface area contributed by atoms with Gasteiger partial charge in [-0.3, -0.25) is 0 Å². The third kappa shape index (κ3) is 3.29. The molecule has 0 saturated carbocycles. The molecule has 4 nitrogen and oxygen atoms in total. The summed E-state index contributed by atoms with van der Waals surface area (Å²) in [7, 11) is 0. The Morgan fingerprint density at radius 1 is 0.963 bits per heavy atom. The SMILES string of the molecule is Cc1c(OCc2ccccc2-c2ccccc2)ccc2c(O)cc(=O)oc12. The number of aromatic hydroxyl groups is 1. The Kier molecular flexibility index (Phi) is 4.38. The highest BCUT2D eigenvalue weighted by molar-refractivity contribution is 5.87. The van der Waals surface area contributed by atoms with E-state index in [4.69, 9.17) is 9.15 Å². The van der Waals surface area contributed by atoms with Crippen molar-refractivity contribution in [2.75, 3.05) is 0 Å². The maximum atomic E-state index is 11.6. The molecule has 0 bridgehead atoms. The second-order valence-corrected chi connectivity index (χ2v) is 6.33. The summed E-state index contributed by atoms with van der Waals surface area (Å²) in [5.41, 5.74) is 3.73. The van der Waals surface area contributed by atoms with Crippen LogP contribution in [-0.2, 0) is 6.61 Å². The topological polar surface area (TPSA) is 59.7 Å². The lowest BCUT2D eigenvalue weighted by Crippen LogP contribution is -2.01. The molecule has 0 fully saturated rings. The molecule has 0 aliphatic rings. The number of benzene rings is 3. The zero-order valence-corrected chi connectivity index (χ0v) is 14.8. The van der Waals surface area contributed by atoms with Crippen LogP contribution in [0.4, 0.5) is 0 Å². The average Bonchev–Trinajstić information content (AvgIpc) is 2.69. The van der Waals surface area contributed by atoms with Gasteiger partial charge in [0.05, 0.1) is 11.5 Å². The number of ether oxygens (including phenoxy) is 1. The Morgan fingerprint density at radius 3 is 2.52 bits per heavy atom. The largest absolute Gasteiger partial charge is 0.507 e. The minimum atomic E-state index is -0.588. The Bertz CT molecular complexity index is 1160. The summed E-state index contributed by atoms with van der Waals surface area (Å²) in [5, 5.41) is 10.4. The number of fused-ring (bicyclic) bond motifs is 1. The molecule has 1 aromatic heterocycles. The second kappa shape index (κ2) is 7.00. The van der Waals surface area contributed by atoms with Gasteiger partial charge in [-0.25, -0.2) is 4.79 Å². The first-order valence-corrected chi connectivity index (χ1v) is 8.66. The molecule has 1 heterocycles. The molecule has 0 aliphatic carbocycles. The predicted octanol–water partition coefficient (Wildman–Crippen LogP) is 5.05. The molecule has 0 saturated heterocycles. The summed E-state index contributed by atoms with van der Waals surface area (Å²) in [4.78, 5) is 11.6. The van der Waals surface area contributed by atoms with Crippen molar-refractivity contribution in [3.8, 4) is 22.6 Å². The Morgan fingerprint density at radius 2 is 1.70 bits per heavy atom. The van der Waals surface area contributed by atoms with Crippen LogP contribution in [-0.4, -0.2) is 5.11 Å². The predicted molar refractivity (Wildman–Crippen MR) is 105 cm³/mol. The highest BCUT2D eigenvalue weighted by Gasteiger charge is 2.12. The summed E-state index contributed by atoms with van der Waals surface area (Å²) >= 11 is 0. The Labute approximate surface area is 156 Å². The molecule has 134 valence electrons. The van der Waals surface area contributed by atoms with Gasteiger partial charge in [-0.1, -0.05) is 54.6 Å². The van der Waals surface area contributed by atoms with Gasteiger partial charge < -0.3 is 14.3 Å². The first-order valence-electron chi connectivity index (χ1n) is 8.66. The summed E-state index contributed by atoms with van der Waals surface area (Å²) in [6, 6.07) is 22.8. The van der Waals surface area contributed by atoms with Crippen molar-refractivity contribution in [3.05, 3.63) is 94.3 Å². The molecule has 0 amide bonds. The van der Waals surface area contributed by atoms with E-state index < -0.39 is 5.63 Å². The molecule has 0 radical (unpaired) electrons. The molecule has 4 heteroatoms. The van der Waals surface area contributed by atoms with Crippen LogP contribution in [0.25, 0.3) is 22.1 Å². The minimum absolute atomic E-state index is 0.0923. The fourth-order valence-corrected chi connectivity index (χ4v) is 3.18. The third-order valence-corrected chi connectivity index (χ3v) is 4.57. The molecule has 0 aliphatic heterocycles. The highest BCUT2D eigenvalue weighted by Crippen LogP contribution is 2.32. The van der Waals surface area contributed by atoms with Gasteiger partial charge in [-0.05, 0) is 35.7 Å². The summed E-state index contributed by atoms with van der Waals surface area (Å²) in [5.74, 6) is 0.518.